The number of anilines is 1. The van der Waals surface area contributed by atoms with Gasteiger partial charge in [0.15, 0.2) is 0 Å². The molecule has 0 aromatic carbocycles. The SMILES string of the molecule is C#CC(C)(C)Nc1nccc(C(F)(F)F)n1. The Bertz CT molecular complexity index is 418. The highest BCUT2D eigenvalue weighted by atomic mass is 19.4. The maximum absolute atomic E-state index is 12.3. The lowest BCUT2D eigenvalue weighted by molar-refractivity contribution is -0.141. The van der Waals surface area contributed by atoms with Gasteiger partial charge in [-0.3, -0.25) is 0 Å². The van der Waals surface area contributed by atoms with Crippen LogP contribution in [0.2, 0.25) is 0 Å². The smallest absolute Gasteiger partial charge is 0.338 e. The standard InChI is InChI=1S/C10H10F3N3/c1-4-9(2,3)16-8-14-6-5-7(15-8)10(11,12)13/h1,5-6H,2-3H3,(H,14,15,16). The van der Waals surface area contributed by atoms with E-state index < -0.39 is 17.4 Å². The van der Waals surface area contributed by atoms with E-state index >= 15 is 0 Å². The van der Waals surface area contributed by atoms with E-state index in [2.05, 4.69) is 21.2 Å². The molecule has 0 saturated heterocycles. The molecule has 3 nitrogen and oxygen atoms in total. The predicted octanol–water partition coefficient (Wildman–Crippen LogP) is 2.32. The molecule has 0 radical (unpaired) electrons. The molecule has 1 aromatic heterocycles. The van der Waals surface area contributed by atoms with Crippen LogP contribution in [0.3, 0.4) is 0 Å². The normalized spacial score (nSPS) is 12.0. The van der Waals surface area contributed by atoms with Gasteiger partial charge in [-0.1, -0.05) is 5.92 Å². The van der Waals surface area contributed by atoms with Gasteiger partial charge in [-0.15, -0.1) is 6.42 Å². The van der Waals surface area contributed by atoms with Gasteiger partial charge in [0.25, 0.3) is 0 Å². The van der Waals surface area contributed by atoms with Crippen LogP contribution in [0.15, 0.2) is 12.3 Å². The second kappa shape index (κ2) is 4.00. The average molecular weight is 229 g/mol. The first-order chi connectivity index (χ1) is 7.24. The predicted molar refractivity (Wildman–Crippen MR) is 53.6 cm³/mol. The van der Waals surface area contributed by atoms with Crippen molar-refractivity contribution in [1.82, 2.24) is 9.97 Å². The molecule has 0 fully saturated rings. The third kappa shape index (κ3) is 3.12. The van der Waals surface area contributed by atoms with E-state index in [1.807, 2.05) is 0 Å². The highest BCUT2D eigenvalue weighted by Gasteiger charge is 2.33. The molecule has 0 spiro atoms. The van der Waals surface area contributed by atoms with Gasteiger partial charge in [0.05, 0.1) is 5.54 Å². The number of nitrogens with zero attached hydrogens (tertiary/aromatic N) is 2. The third-order valence-corrected chi connectivity index (χ3v) is 1.73. The molecule has 0 aliphatic rings. The molecule has 1 heterocycles. The van der Waals surface area contributed by atoms with Crippen molar-refractivity contribution >= 4 is 5.95 Å². The zero-order chi connectivity index (χ0) is 12.4. The second-order valence-electron chi connectivity index (χ2n) is 3.66. The maximum Gasteiger partial charge on any atom is 0.433 e. The molecule has 1 aromatic rings. The number of hydrogen-bond donors (Lipinski definition) is 1. The van der Waals surface area contributed by atoms with Crippen molar-refractivity contribution in [3.05, 3.63) is 18.0 Å². The fraction of sp³-hybridized carbons (Fsp3) is 0.400. The highest BCUT2D eigenvalue weighted by molar-refractivity contribution is 5.34. The first-order valence-corrected chi connectivity index (χ1v) is 4.41. The lowest BCUT2D eigenvalue weighted by Crippen LogP contribution is -2.30. The zero-order valence-corrected chi connectivity index (χ0v) is 8.76. The largest absolute Gasteiger partial charge is 0.433 e. The van der Waals surface area contributed by atoms with Crippen LogP contribution in [0.25, 0.3) is 0 Å². The molecule has 0 unspecified atom stereocenters. The summed E-state index contributed by atoms with van der Waals surface area (Å²) in [4.78, 5) is 7.00. The van der Waals surface area contributed by atoms with Crippen LogP contribution in [0.4, 0.5) is 19.1 Å². The van der Waals surface area contributed by atoms with E-state index in [1.54, 1.807) is 13.8 Å². The van der Waals surface area contributed by atoms with Gasteiger partial charge in [-0.05, 0) is 19.9 Å². The van der Waals surface area contributed by atoms with E-state index in [9.17, 15) is 13.2 Å². The summed E-state index contributed by atoms with van der Waals surface area (Å²) in [6.45, 7) is 3.27. The summed E-state index contributed by atoms with van der Waals surface area (Å²) in [5.74, 6) is 2.23. The van der Waals surface area contributed by atoms with Crippen LogP contribution in [0.5, 0.6) is 0 Å². The summed E-state index contributed by atoms with van der Waals surface area (Å²) in [6.07, 6.45) is 1.73. The Morgan fingerprint density at radius 1 is 1.38 bits per heavy atom. The van der Waals surface area contributed by atoms with Crippen molar-refractivity contribution in [3.63, 3.8) is 0 Å². The first kappa shape index (κ1) is 12.3. The van der Waals surface area contributed by atoms with Gasteiger partial charge >= 0.3 is 6.18 Å². The van der Waals surface area contributed by atoms with Crippen LogP contribution in [-0.4, -0.2) is 15.5 Å². The minimum absolute atomic E-state index is 0.141. The van der Waals surface area contributed by atoms with Crippen molar-refractivity contribution < 1.29 is 13.2 Å². The molecular formula is C10H10F3N3. The second-order valence-corrected chi connectivity index (χ2v) is 3.66. The quantitative estimate of drug-likeness (QED) is 0.791. The van der Waals surface area contributed by atoms with E-state index in [4.69, 9.17) is 6.42 Å². The number of terminal acetylenes is 1. The summed E-state index contributed by atoms with van der Waals surface area (Å²) in [7, 11) is 0. The minimum Gasteiger partial charge on any atom is -0.338 e. The van der Waals surface area contributed by atoms with Gasteiger partial charge in [0.2, 0.25) is 5.95 Å². The summed E-state index contributed by atoms with van der Waals surface area (Å²) in [6, 6.07) is 0.800. The molecule has 16 heavy (non-hydrogen) atoms. The van der Waals surface area contributed by atoms with Gasteiger partial charge in [0.1, 0.15) is 5.69 Å². The molecule has 0 bridgehead atoms. The number of nitrogens with one attached hydrogen (secondary N) is 1. The molecule has 1 N–H and O–H groups in total. The lowest BCUT2D eigenvalue weighted by atomic mass is 10.1. The molecule has 0 atom stereocenters. The maximum atomic E-state index is 12.3. The topological polar surface area (TPSA) is 37.8 Å². The molecule has 0 amide bonds. The number of aromatic nitrogens is 2. The minimum atomic E-state index is -4.49. The molecule has 0 aliphatic heterocycles. The fourth-order valence-corrected chi connectivity index (χ4v) is 0.892. The monoisotopic (exact) mass is 229 g/mol. The highest BCUT2D eigenvalue weighted by Crippen LogP contribution is 2.27. The van der Waals surface area contributed by atoms with Crippen LogP contribution < -0.4 is 5.32 Å². The van der Waals surface area contributed by atoms with E-state index in [-0.39, 0.29) is 5.95 Å². The Balaban J connectivity index is 2.97. The van der Waals surface area contributed by atoms with E-state index in [1.165, 1.54) is 0 Å². The first-order valence-electron chi connectivity index (χ1n) is 4.41. The van der Waals surface area contributed by atoms with Crippen molar-refractivity contribution in [2.75, 3.05) is 5.32 Å². The van der Waals surface area contributed by atoms with E-state index in [0.29, 0.717) is 0 Å². The Morgan fingerprint density at radius 3 is 2.50 bits per heavy atom. The summed E-state index contributed by atoms with van der Waals surface area (Å²) in [5.41, 5.74) is -1.80. The van der Waals surface area contributed by atoms with Crippen LogP contribution in [-0.2, 0) is 6.18 Å². The Hall–Kier alpha value is -1.77. The van der Waals surface area contributed by atoms with Crippen LogP contribution >= 0.6 is 0 Å². The molecular weight excluding hydrogens is 219 g/mol. The Kier molecular flexibility index (Phi) is 3.08. The zero-order valence-electron chi connectivity index (χ0n) is 8.76. The number of rotatable bonds is 2. The Labute approximate surface area is 91.1 Å². The van der Waals surface area contributed by atoms with Crippen molar-refractivity contribution in [1.29, 1.82) is 0 Å². The van der Waals surface area contributed by atoms with Crippen LogP contribution in [0, 0.1) is 12.3 Å². The van der Waals surface area contributed by atoms with Crippen molar-refractivity contribution in [2.45, 2.75) is 25.6 Å². The van der Waals surface area contributed by atoms with Crippen molar-refractivity contribution in [2.24, 2.45) is 0 Å². The molecule has 86 valence electrons. The molecule has 0 saturated carbocycles. The van der Waals surface area contributed by atoms with Gasteiger partial charge in [0, 0.05) is 6.20 Å². The van der Waals surface area contributed by atoms with Gasteiger partial charge in [-0.2, -0.15) is 13.2 Å². The molecule has 6 heteroatoms. The summed E-state index contributed by atoms with van der Waals surface area (Å²) < 4.78 is 37.0. The third-order valence-electron chi connectivity index (χ3n) is 1.73. The number of hydrogen-bond acceptors (Lipinski definition) is 3. The van der Waals surface area contributed by atoms with Gasteiger partial charge < -0.3 is 5.32 Å². The number of halogens is 3. The fourth-order valence-electron chi connectivity index (χ4n) is 0.892. The lowest BCUT2D eigenvalue weighted by Gasteiger charge is -2.19. The van der Waals surface area contributed by atoms with Crippen molar-refractivity contribution in [3.8, 4) is 12.3 Å². The molecule has 0 aliphatic carbocycles. The summed E-state index contributed by atoms with van der Waals surface area (Å²) >= 11 is 0. The van der Waals surface area contributed by atoms with Gasteiger partial charge in [-0.25, -0.2) is 9.97 Å². The summed E-state index contributed by atoms with van der Waals surface area (Å²) in [5, 5.41) is 2.62. The van der Waals surface area contributed by atoms with Crippen LogP contribution in [0.1, 0.15) is 19.5 Å². The van der Waals surface area contributed by atoms with E-state index in [0.717, 1.165) is 12.3 Å². The molecule has 1 rings (SSSR count). The average Bonchev–Trinajstić information content (AvgIpc) is 2.16. The Morgan fingerprint density at radius 2 is 2.00 bits per heavy atom. The number of alkyl halides is 3.